The van der Waals surface area contributed by atoms with Gasteiger partial charge in [-0.05, 0) is 24.5 Å². The van der Waals surface area contributed by atoms with Gasteiger partial charge in [0.05, 0.1) is 5.75 Å². The van der Waals surface area contributed by atoms with E-state index in [1.807, 2.05) is 29.6 Å². The van der Waals surface area contributed by atoms with E-state index in [0.29, 0.717) is 32.6 Å². The monoisotopic (exact) mass is 420 g/mol. The standard InChI is InChI=1S/C19H24N4O3S2/c1-2-28(25,26)23-14-16-6-4-3-5-15(16)13-17(23)18(24)21-8-10-22(11-9-21)19-20-7-12-27-19/h3-7,12,17H,2,8-11,13-14H2,1H3. The van der Waals surface area contributed by atoms with E-state index in [1.165, 1.54) is 4.31 Å². The zero-order valence-electron chi connectivity index (χ0n) is 15.8. The predicted octanol–water partition coefficient (Wildman–Crippen LogP) is 1.57. The van der Waals surface area contributed by atoms with Crippen molar-refractivity contribution in [3.63, 3.8) is 0 Å². The minimum Gasteiger partial charge on any atom is -0.345 e. The summed E-state index contributed by atoms with van der Waals surface area (Å²) in [5.41, 5.74) is 2.04. The summed E-state index contributed by atoms with van der Waals surface area (Å²) in [4.78, 5) is 21.6. The average molecular weight is 421 g/mol. The van der Waals surface area contributed by atoms with Crippen LogP contribution in [0.3, 0.4) is 0 Å². The van der Waals surface area contributed by atoms with Gasteiger partial charge in [0.1, 0.15) is 6.04 Å². The summed E-state index contributed by atoms with van der Waals surface area (Å²) in [7, 11) is -3.48. The zero-order valence-corrected chi connectivity index (χ0v) is 17.5. The molecule has 2 aliphatic heterocycles. The lowest BCUT2D eigenvalue weighted by Crippen LogP contribution is -2.57. The van der Waals surface area contributed by atoms with E-state index >= 15 is 0 Å². The lowest BCUT2D eigenvalue weighted by molar-refractivity contribution is -0.136. The van der Waals surface area contributed by atoms with E-state index in [1.54, 1.807) is 29.4 Å². The summed E-state index contributed by atoms with van der Waals surface area (Å²) < 4.78 is 26.8. The Morgan fingerprint density at radius 1 is 1.18 bits per heavy atom. The van der Waals surface area contributed by atoms with Gasteiger partial charge in [-0.1, -0.05) is 24.3 Å². The zero-order chi connectivity index (χ0) is 19.7. The molecule has 0 radical (unpaired) electrons. The van der Waals surface area contributed by atoms with Crippen LogP contribution in [0.2, 0.25) is 0 Å². The van der Waals surface area contributed by atoms with Crippen LogP contribution >= 0.6 is 11.3 Å². The molecule has 1 saturated heterocycles. The number of anilines is 1. The Bertz CT molecular complexity index is 938. The number of fused-ring (bicyclic) bond motifs is 1. The predicted molar refractivity (Wildman–Crippen MR) is 110 cm³/mol. The number of amides is 1. The number of carbonyl (C=O) groups is 1. The lowest BCUT2D eigenvalue weighted by Gasteiger charge is -2.40. The van der Waals surface area contributed by atoms with Crippen molar-refractivity contribution in [3.8, 4) is 0 Å². The van der Waals surface area contributed by atoms with Crippen LogP contribution in [-0.2, 0) is 27.8 Å². The quantitative estimate of drug-likeness (QED) is 0.751. The molecule has 7 nitrogen and oxygen atoms in total. The van der Waals surface area contributed by atoms with Crippen LogP contribution in [0.1, 0.15) is 18.1 Å². The topological polar surface area (TPSA) is 73.8 Å². The van der Waals surface area contributed by atoms with E-state index in [0.717, 1.165) is 16.3 Å². The van der Waals surface area contributed by atoms with Gasteiger partial charge < -0.3 is 9.80 Å². The van der Waals surface area contributed by atoms with E-state index in [2.05, 4.69) is 9.88 Å². The molecule has 0 spiro atoms. The summed E-state index contributed by atoms with van der Waals surface area (Å²) in [5.74, 6) is -0.0955. The molecule has 1 amide bonds. The van der Waals surface area contributed by atoms with Crippen molar-refractivity contribution in [2.75, 3.05) is 36.8 Å². The number of sulfonamides is 1. The summed E-state index contributed by atoms with van der Waals surface area (Å²) in [6, 6.07) is 7.13. The molecule has 28 heavy (non-hydrogen) atoms. The van der Waals surface area contributed by atoms with Gasteiger partial charge in [-0.3, -0.25) is 4.79 Å². The number of hydrogen-bond acceptors (Lipinski definition) is 6. The van der Waals surface area contributed by atoms with Crippen molar-refractivity contribution in [3.05, 3.63) is 47.0 Å². The normalized spacial score (nSPS) is 20.8. The molecular formula is C19H24N4O3S2. The first-order valence-electron chi connectivity index (χ1n) is 9.49. The third-order valence-corrected chi connectivity index (χ3v) is 8.15. The second kappa shape index (κ2) is 7.81. The largest absolute Gasteiger partial charge is 0.345 e. The summed E-state index contributed by atoms with van der Waals surface area (Å²) in [5, 5.41) is 2.91. The Morgan fingerprint density at radius 2 is 1.89 bits per heavy atom. The van der Waals surface area contributed by atoms with Crippen molar-refractivity contribution < 1.29 is 13.2 Å². The van der Waals surface area contributed by atoms with Gasteiger partial charge in [0.15, 0.2) is 5.13 Å². The molecule has 0 aliphatic carbocycles. The SMILES string of the molecule is CCS(=O)(=O)N1Cc2ccccc2CC1C(=O)N1CCN(c2nccs2)CC1. The maximum atomic E-state index is 13.3. The molecule has 0 saturated carbocycles. The van der Waals surface area contributed by atoms with Crippen molar-refractivity contribution in [1.82, 2.24) is 14.2 Å². The van der Waals surface area contributed by atoms with Crippen molar-refractivity contribution in [2.24, 2.45) is 0 Å². The molecule has 1 aromatic heterocycles. The summed E-state index contributed by atoms with van der Waals surface area (Å²) in [6.07, 6.45) is 2.21. The highest BCUT2D eigenvalue weighted by Crippen LogP contribution is 2.28. The minimum absolute atomic E-state index is 0.00320. The molecule has 150 valence electrons. The second-order valence-electron chi connectivity index (χ2n) is 7.06. The number of benzene rings is 1. The number of carbonyl (C=O) groups excluding carboxylic acids is 1. The third kappa shape index (κ3) is 3.66. The fourth-order valence-corrected chi connectivity index (χ4v) is 5.79. The Balaban J connectivity index is 1.53. The Morgan fingerprint density at radius 3 is 2.54 bits per heavy atom. The number of aromatic nitrogens is 1. The third-order valence-electron chi connectivity index (χ3n) is 5.49. The summed E-state index contributed by atoms with van der Waals surface area (Å²) in [6.45, 7) is 4.48. The Kier molecular flexibility index (Phi) is 5.39. The first-order chi connectivity index (χ1) is 13.5. The van der Waals surface area contributed by atoms with Gasteiger partial charge in [-0.2, -0.15) is 4.31 Å². The van der Waals surface area contributed by atoms with E-state index in [-0.39, 0.29) is 18.2 Å². The van der Waals surface area contributed by atoms with E-state index in [4.69, 9.17) is 0 Å². The van der Waals surface area contributed by atoms with Crippen LogP contribution in [0.5, 0.6) is 0 Å². The van der Waals surface area contributed by atoms with Gasteiger partial charge in [0.2, 0.25) is 15.9 Å². The van der Waals surface area contributed by atoms with Crippen LogP contribution in [0.4, 0.5) is 5.13 Å². The highest BCUT2D eigenvalue weighted by Gasteiger charge is 2.40. The maximum Gasteiger partial charge on any atom is 0.241 e. The number of hydrogen-bond donors (Lipinski definition) is 0. The molecule has 2 aliphatic rings. The van der Waals surface area contributed by atoms with Crippen LogP contribution in [-0.4, -0.2) is 66.5 Å². The summed E-state index contributed by atoms with van der Waals surface area (Å²) >= 11 is 1.59. The van der Waals surface area contributed by atoms with Crippen molar-refractivity contribution >= 4 is 32.4 Å². The number of nitrogens with zero attached hydrogens (tertiary/aromatic N) is 4. The molecule has 1 aromatic carbocycles. The van der Waals surface area contributed by atoms with E-state index < -0.39 is 16.1 Å². The number of thiazole rings is 1. The molecule has 9 heteroatoms. The second-order valence-corrected chi connectivity index (χ2v) is 10.1. The van der Waals surface area contributed by atoms with E-state index in [9.17, 15) is 13.2 Å². The molecule has 1 unspecified atom stereocenters. The van der Waals surface area contributed by atoms with Gasteiger partial charge in [-0.25, -0.2) is 13.4 Å². The first-order valence-corrected chi connectivity index (χ1v) is 12.0. The molecule has 0 bridgehead atoms. The molecule has 1 fully saturated rings. The van der Waals surface area contributed by atoms with Crippen LogP contribution in [0.25, 0.3) is 0 Å². The fourth-order valence-electron chi connectivity index (χ4n) is 3.87. The molecular weight excluding hydrogens is 396 g/mol. The Labute approximate surface area is 169 Å². The van der Waals surface area contributed by atoms with Crippen LogP contribution < -0.4 is 4.90 Å². The number of rotatable bonds is 4. The van der Waals surface area contributed by atoms with Crippen molar-refractivity contribution in [2.45, 2.75) is 25.9 Å². The van der Waals surface area contributed by atoms with Gasteiger partial charge in [0, 0.05) is 44.3 Å². The Hall–Kier alpha value is -1.97. The highest BCUT2D eigenvalue weighted by atomic mass is 32.2. The van der Waals surface area contributed by atoms with Crippen molar-refractivity contribution in [1.29, 1.82) is 0 Å². The molecule has 0 N–H and O–H groups in total. The fraction of sp³-hybridized carbons (Fsp3) is 0.474. The smallest absolute Gasteiger partial charge is 0.241 e. The molecule has 3 heterocycles. The molecule has 4 rings (SSSR count). The van der Waals surface area contributed by atoms with Crippen LogP contribution in [0, 0.1) is 0 Å². The van der Waals surface area contributed by atoms with Gasteiger partial charge in [-0.15, -0.1) is 11.3 Å². The first kappa shape index (κ1) is 19.4. The molecule has 2 aromatic rings. The maximum absolute atomic E-state index is 13.3. The molecule has 1 atom stereocenters. The van der Waals surface area contributed by atoms with Gasteiger partial charge >= 0.3 is 0 Å². The highest BCUT2D eigenvalue weighted by molar-refractivity contribution is 7.89. The van der Waals surface area contributed by atoms with Crippen LogP contribution in [0.15, 0.2) is 35.8 Å². The van der Waals surface area contributed by atoms with Gasteiger partial charge in [0.25, 0.3) is 0 Å². The number of piperazine rings is 1. The average Bonchev–Trinajstić information content (AvgIpc) is 3.27. The minimum atomic E-state index is -3.48. The lowest BCUT2D eigenvalue weighted by atomic mass is 9.95.